The van der Waals surface area contributed by atoms with Crippen molar-refractivity contribution >= 4 is 29.1 Å². The number of rotatable bonds is 5. The second-order valence-corrected chi connectivity index (χ2v) is 5.48. The van der Waals surface area contributed by atoms with Gasteiger partial charge in [-0.3, -0.25) is 10.3 Å². The highest BCUT2D eigenvalue weighted by atomic mass is 16.6. The van der Waals surface area contributed by atoms with Crippen molar-refractivity contribution in [3.63, 3.8) is 0 Å². The predicted molar refractivity (Wildman–Crippen MR) is 94.4 cm³/mol. The number of ether oxygens (including phenoxy) is 1. The highest BCUT2D eigenvalue weighted by Gasteiger charge is 2.23. The van der Waals surface area contributed by atoms with E-state index in [1.54, 1.807) is 30.0 Å². The molecular weight excluding hydrogens is 322 g/mol. The number of nitrogens with zero attached hydrogens (tertiary/aromatic N) is 2. The number of benzene rings is 2. The fourth-order valence-electron chi connectivity index (χ4n) is 2.50. The Balaban J connectivity index is 1.81. The molecule has 128 valence electrons. The monoisotopic (exact) mass is 339 g/mol. The number of carboxylic acid groups (broad SMARTS) is 1. The maximum atomic E-state index is 11.7. The molecule has 1 heterocycles. The van der Waals surface area contributed by atoms with Crippen LogP contribution in [0.3, 0.4) is 0 Å². The van der Waals surface area contributed by atoms with E-state index in [0.29, 0.717) is 24.6 Å². The van der Waals surface area contributed by atoms with E-state index in [9.17, 15) is 14.7 Å². The minimum Gasteiger partial charge on any atom is -0.478 e. The lowest BCUT2D eigenvalue weighted by atomic mass is 10.1. The summed E-state index contributed by atoms with van der Waals surface area (Å²) < 4.78 is 4.95. The van der Waals surface area contributed by atoms with E-state index in [1.807, 2.05) is 24.3 Å². The van der Waals surface area contributed by atoms with Gasteiger partial charge >= 0.3 is 12.1 Å². The molecule has 7 heteroatoms. The van der Waals surface area contributed by atoms with Gasteiger partial charge in [0.15, 0.2) is 0 Å². The second-order valence-electron chi connectivity index (χ2n) is 5.48. The van der Waals surface area contributed by atoms with Gasteiger partial charge in [0.2, 0.25) is 0 Å². The number of amides is 1. The topological polar surface area (TPSA) is 91.2 Å². The Bertz CT molecular complexity index is 848. The zero-order chi connectivity index (χ0) is 17.8. The summed E-state index contributed by atoms with van der Waals surface area (Å²) in [5.41, 5.74) is 5.56. The van der Waals surface area contributed by atoms with E-state index in [4.69, 9.17) is 4.74 Å². The van der Waals surface area contributed by atoms with Gasteiger partial charge in [0.25, 0.3) is 0 Å². The van der Waals surface area contributed by atoms with Crippen LogP contribution in [0.4, 0.5) is 16.2 Å². The quantitative estimate of drug-likeness (QED) is 0.645. The Morgan fingerprint density at radius 1 is 1.24 bits per heavy atom. The first-order valence-corrected chi connectivity index (χ1v) is 7.73. The summed E-state index contributed by atoms with van der Waals surface area (Å²) in [5, 5.41) is 13.5. The van der Waals surface area contributed by atoms with Gasteiger partial charge in [-0.15, -0.1) is 0 Å². The van der Waals surface area contributed by atoms with Crippen LogP contribution in [0.25, 0.3) is 0 Å². The molecule has 0 saturated carbocycles. The SMILES string of the molecule is C/C(=N\Nc1ccccc1C(=O)O)c1cccc(N2CCOC2=O)c1. The Kier molecular flexibility index (Phi) is 4.65. The summed E-state index contributed by atoms with van der Waals surface area (Å²) in [6.45, 7) is 2.70. The summed E-state index contributed by atoms with van der Waals surface area (Å²) in [4.78, 5) is 24.5. The average molecular weight is 339 g/mol. The summed E-state index contributed by atoms with van der Waals surface area (Å²) >= 11 is 0. The number of para-hydroxylation sites is 1. The average Bonchev–Trinajstić information content (AvgIpc) is 3.06. The van der Waals surface area contributed by atoms with E-state index in [2.05, 4.69) is 10.5 Å². The molecule has 0 atom stereocenters. The number of hydrogen-bond donors (Lipinski definition) is 2. The van der Waals surface area contributed by atoms with Gasteiger partial charge in [0.1, 0.15) is 6.61 Å². The zero-order valence-electron chi connectivity index (χ0n) is 13.6. The molecule has 7 nitrogen and oxygen atoms in total. The molecule has 25 heavy (non-hydrogen) atoms. The van der Waals surface area contributed by atoms with Crippen molar-refractivity contribution in [3.05, 3.63) is 59.7 Å². The number of carbonyl (C=O) groups is 2. The van der Waals surface area contributed by atoms with E-state index in [0.717, 1.165) is 11.3 Å². The van der Waals surface area contributed by atoms with Crippen LogP contribution in [-0.2, 0) is 4.74 Å². The minimum absolute atomic E-state index is 0.146. The van der Waals surface area contributed by atoms with Crippen molar-refractivity contribution in [1.29, 1.82) is 0 Å². The van der Waals surface area contributed by atoms with Crippen molar-refractivity contribution in [1.82, 2.24) is 0 Å². The molecule has 0 unspecified atom stereocenters. The molecule has 0 bridgehead atoms. The first kappa shape index (κ1) is 16.5. The molecule has 1 fully saturated rings. The number of cyclic esters (lactones) is 1. The van der Waals surface area contributed by atoms with Crippen LogP contribution in [0.1, 0.15) is 22.8 Å². The smallest absolute Gasteiger partial charge is 0.414 e. The molecule has 2 aromatic carbocycles. The third-order valence-electron chi connectivity index (χ3n) is 3.84. The molecule has 2 aromatic rings. The molecular formula is C18H17N3O4. The Morgan fingerprint density at radius 3 is 2.76 bits per heavy atom. The van der Waals surface area contributed by atoms with Crippen molar-refractivity contribution < 1.29 is 19.4 Å². The van der Waals surface area contributed by atoms with Gasteiger partial charge in [0, 0.05) is 5.69 Å². The normalized spacial score (nSPS) is 14.4. The molecule has 2 N–H and O–H groups in total. The van der Waals surface area contributed by atoms with Crippen LogP contribution in [0, 0.1) is 0 Å². The van der Waals surface area contributed by atoms with Crippen LogP contribution < -0.4 is 10.3 Å². The fraction of sp³-hybridized carbons (Fsp3) is 0.167. The molecule has 1 saturated heterocycles. The fourth-order valence-corrected chi connectivity index (χ4v) is 2.50. The highest BCUT2D eigenvalue weighted by molar-refractivity contribution is 6.01. The van der Waals surface area contributed by atoms with Gasteiger partial charge in [-0.2, -0.15) is 5.10 Å². The van der Waals surface area contributed by atoms with Gasteiger partial charge < -0.3 is 9.84 Å². The lowest BCUT2D eigenvalue weighted by Gasteiger charge is -2.14. The standard InChI is InChI=1S/C18H17N3O4/c1-12(19-20-16-8-3-2-7-15(16)17(22)23)13-5-4-6-14(11-13)21-9-10-25-18(21)24/h2-8,11,20H,9-10H2,1H3,(H,22,23)/b19-12+. The van der Waals surface area contributed by atoms with Crippen molar-refractivity contribution in [2.45, 2.75) is 6.92 Å². The van der Waals surface area contributed by atoms with E-state index in [-0.39, 0.29) is 11.7 Å². The first-order valence-electron chi connectivity index (χ1n) is 7.73. The van der Waals surface area contributed by atoms with Crippen molar-refractivity contribution in [3.8, 4) is 0 Å². The summed E-state index contributed by atoms with van der Waals surface area (Å²) in [7, 11) is 0. The Hall–Kier alpha value is -3.35. The molecule has 3 rings (SSSR count). The number of hydrogen-bond acceptors (Lipinski definition) is 5. The molecule has 1 amide bonds. The minimum atomic E-state index is -1.02. The van der Waals surface area contributed by atoms with E-state index in [1.165, 1.54) is 6.07 Å². The summed E-state index contributed by atoms with van der Waals surface area (Å²) in [5.74, 6) is -1.02. The van der Waals surface area contributed by atoms with Crippen molar-refractivity contribution in [2.24, 2.45) is 5.10 Å². The van der Waals surface area contributed by atoms with Gasteiger partial charge in [-0.25, -0.2) is 9.59 Å². The van der Waals surface area contributed by atoms with Crippen LogP contribution >= 0.6 is 0 Å². The molecule has 0 aromatic heterocycles. The second kappa shape index (κ2) is 7.04. The maximum absolute atomic E-state index is 11.7. The lowest BCUT2D eigenvalue weighted by Crippen LogP contribution is -2.23. The number of carboxylic acids is 1. The maximum Gasteiger partial charge on any atom is 0.414 e. The largest absolute Gasteiger partial charge is 0.478 e. The molecule has 1 aliphatic heterocycles. The summed E-state index contributed by atoms with van der Waals surface area (Å²) in [6, 6.07) is 13.9. The highest BCUT2D eigenvalue weighted by Crippen LogP contribution is 2.21. The van der Waals surface area contributed by atoms with Crippen LogP contribution in [-0.4, -0.2) is 36.0 Å². The van der Waals surface area contributed by atoms with Crippen LogP contribution in [0.2, 0.25) is 0 Å². The van der Waals surface area contributed by atoms with Crippen molar-refractivity contribution in [2.75, 3.05) is 23.5 Å². The van der Waals surface area contributed by atoms with Crippen LogP contribution in [0.5, 0.6) is 0 Å². The molecule has 0 radical (unpaired) electrons. The van der Waals surface area contributed by atoms with E-state index >= 15 is 0 Å². The van der Waals surface area contributed by atoms with E-state index < -0.39 is 5.97 Å². The molecule has 1 aliphatic rings. The first-order chi connectivity index (χ1) is 12.1. The van der Waals surface area contributed by atoms with Crippen LogP contribution in [0.15, 0.2) is 53.6 Å². The van der Waals surface area contributed by atoms with Gasteiger partial charge in [-0.1, -0.05) is 24.3 Å². The number of carbonyl (C=O) groups excluding carboxylic acids is 1. The van der Waals surface area contributed by atoms with Gasteiger partial charge in [0.05, 0.1) is 23.5 Å². The third-order valence-corrected chi connectivity index (χ3v) is 3.84. The Morgan fingerprint density at radius 2 is 2.04 bits per heavy atom. The number of aromatic carboxylic acids is 1. The molecule has 0 spiro atoms. The van der Waals surface area contributed by atoms with Gasteiger partial charge in [-0.05, 0) is 36.8 Å². The zero-order valence-corrected chi connectivity index (χ0v) is 13.6. The Labute approximate surface area is 144 Å². The third kappa shape index (κ3) is 3.60. The number of hydrazone groups is 1. The summed E-state index contributed by atoms with van der Waals surface area (Å²) in [6.07, 6.45) is -0.361. The predicted octanol–water partition coefficient (Wildman–Crippen LogP) is 3.18. The number of anilines is 2. The lowest BCUT2D eigenvalue weighted by molar-refractivity contribution is 0.0698. The molecule has 0 aliphatic carbocycles. The number of nitrogens with one attached hydrogen (secondary N) is 1.